The van der Waals surface area contributed by atoms with Gasteiger partial charge in [-0.3, -0.25) is 0 Å². The van der Waals surface area contributed by atoms with Gasteiger partial charge in [-0.05, 0) is 25.5 Å². The third kappa shape index (κ3) is 2.60. The molecule has 0 aliphatic heterocycles. The van der Waals surface area contributed by atoms with Crippen LogP contribution in [0.1, 0.15) is 19.0 Å². The number of aromatic nitrogens is 1. The summed E-state index contributed by atoms with van der Waals surface area (Å²) in [4.78, 5) is 3.96. The Morgan fingerprint density at radius 2 is 2.57 bits per heavy atom. The van der Waals surface area contributed by atoms with Crippen molar-refractivity contribution >= 4 is 5.69 Å². The molecule has 1 N–H and O–H groups in total. The Labute approximate surface area is 84.1 Å². The summed E-state index contributed by atoms with van der Waals surface area (Å²) in [5, 5.41) is 12.0. The summed E-state index contributed by atoms with van der Waals surface area (Å²) >= 11 is 0. The molecule has 0 saturated heterocycles. The number of hydrogen-bond acceptors (Lipinski definition) is 3. The highest BCUT2D eigenvalue weighted by atomic mass is 14.9. The molecule has 1 atom stereocenters. The minimum Gasteiger partial charge on any atom is -0.380 e. The number of rotatable bonds is 4. The van der Waals surface area contributed by atoms with Crippen LogP contribution in [0.4, 0.5) is 5.69 Å². The molecular weight excluding hydrogens is 174 g/mol. The zero-order chi connectivity index (χ0) is 10.4. The van der Waals surface area contributed by atoms with Gasteiger partial charge in [-0.25, -0.2) is 4.98 Å². The van der Waals surface area contributed by atoms with Crippen LogP contribution in [0.25, 0.3) is 0 Å². The van der Waals surface area contributed by atoms with E-state index in [-0.39, 0.29) is 6.04 Å². The Bertz CT molecular complexity index is 352. The number of hydrogen-bond donors (Lipinski definition) is 1. The van der Waals surface area contributed by atoms with Crippen LogP contribution in [0.2, 0.25) is 0 Å². The fourth-order valence-corrected chi connectivity index (χ4v) is 1.19. The van der Waals surface area contributed by atoms with Crippen LogP contribution in [-0.2, 0) is 0 Å². The number of nitriles is 1. The van der Waals surface area contributed by atoms with Crippen molar-refractivity contribution in [3.63, 3.8) is 0 Å². The Hall–Kier alpha value is -1.82. The van der Waals surface area contributed by atoms with Gasteiger partial charge in [0, 0.05) is 12.2 Å². The second-order valence-electron chi connectivity index (χ2n) is 3.08. The highest BCUT2D eigenvalue weighted by Gasteiger charge is 2.04. The first kappa shape index (κ1) is 10.3. The molecule has 0 amide bonds. The molecule has 1 rings (SSSR count). The van der Waals surface area contributed by atoms with E-state index in [1.807, 2.05) is 31.2 Å². The predicted molar refractivity (Wildman–Crippen MR) is 56.9 cm³/mol. The average molecular weight is 187 g/mol. The van der Waals surface area contributed by atoms with E-state index < -0.39 is 0 Å². The second-order valence-corrected chi connectivity index (χ2v) is 3.08. The monoisotopic (exact) mass is 187 g/mol. The van der Waals surface area contributed by atoms with Crippen molar-refractivity contribution < 1.29 is 0 Å². The first-order valence-electron chi connectivity index (χ1n) is 4.50. The summed E-state index contributed by atoms with van der Waals surface area (Å²) < 4.78 is 0. The van der Waals surface area contributed by atoms with Crippen molar-refractivity contribution in [2.24, 2.45) is 0 Å². The number of nitrogens with one attached hydrogen (secondary N) is 1. The molecule has 0 aliphatic carbocycles. The summed E-state index contributed by atoms with van der Waals surface area (Å²) in [7, 11) is 0. The molecule has 3 heteroatoms. The molecule has 1 heterocycles. The smallest absolute Gasteiger partial charge is 0.163 e. The molecule has 0 spiro atoms. The maximum absolute atomic E-state index is 8.79. The van der Waals surface area contributed by atoms with Crippen LogP contribution in [0, 0.1) is 11.3 Å². The van der Waals surface area contributed by atoms with Crippen LogP contribution < -0.4 is 5.32 Å². The predicted octanol–water partition coefficient (Wildman–Crippen LogP) is 2.33. The maximum Gasteiger partial charge on any atom is 0.163 e. The third-order valence-corrected chi connectivity index (χ3v) is 1.84. The van der Waals surface area contributed by atoms with Gasteiger partial charge in [0.25, 0.3) is 0 Å². The van der Waals surface area contributed by atoms with Crippen molar-refractivity contribution in [2.45, 2.75) is 19.4 Å². The standard InChI is InChI=1S/C11H13N3/c1-3-5-9(2)14-10-6-4-7-13-11(10)8-12/h3-4,6-7,9,14H,1,5H2,2H3. The van der Waals surface area contributed by atoms with Gasteiger partial charge in [-0.1, -0.05) is 6.08 Å². The molecule has 72 valence electrons. The van der Waals surface area contributed by atoms with Gasteiger partial charge in [0.05, 0.1) is 5.69 Å². The van der Waals surface area contributed by atoms with E-state index in [1.165, 1.54) is 0 Å². The summed E-state index contributed by atoms with van der Waals surface area (Å²) in [6, 6.07) is 5.97. The SMILES string of the molecule is C=CCC(C)Nc1cccnc1C#N. The molecule has 14 heavy (non-hydrogen) atoms. The molecule has 0 bridgehead atoms. The van der Waals surface area contributed by atoms with Gasteiger partial charge < -0.3 is 5.32 Å². The highest BCUT2D eigenvalue weighted by molar-refractivity contribution is 5.53. The van der Waals surface area contributed by atoms with E-state index in [1.54, 1.807) is 6.20 Å². The van der Waals surface area contributed by atoms with Crippen LogP contribution in [0.3, 0.4) is 0 Å². The van der Waals surface area contributed by atoms with E-state index in [0.717, 1.165) is 12.1 Å². The van der Waals surface area contributed by atoms with E-state index in [2.05, 4.69) is 16.9 Å². The fraction of sp³-hybridized carbons (Fsp3) is 0.273. The largest absolute Gasteiger partial charge is 0.380 e. The van der Waals surface area contributed by atoms with Crippen molar-refractivity contribution in [3.8, 4) is 6.07 Å². The first-order valence-corrected chi connectivity index (χ1v) is 4.50. The summed E-state index contributed by atoms with van der Waals surface area (Å²) in [5.41, 5.74) is 1.22. The molecule has 0 saturated carbocycles. The van der Waals surface area contributed by atoms with E-state index in [4.69, 9.17) is 5.26 Å². The Morgan fingerprint density at radius 1 is 1.79 bits per heavy atom. The second kappa shape index (κ2) is 5.03. The van der Waals surface area contributed by atoms with E-state index >= 15 is 0 Å². The lowest BCUT2D eigenvalue weighted by atomic mass is 10.2. The normalized spacial score (nSPS) is 11.4. The van der Waals surface area contributed by atoms with E-state index in [0.29, 0.717) is 5.69 Å². The molecule has 3 nitrogen and oxygen atoms in total. The number of anilines is 1. The highest BCUT2D eigenvalue weighted by Crippen LogP contribution is 2.12. The average Bonchev–Trinajstić information content (AvgIpc) is 2.19. The molecule has 1 aromatic rings. The van der Waals surface area contributed by atoms with Gasteiger partial charge in [-0.15, -0.1) is 6.58 Å². The van der Waals surface area contributed by atoms with Crippen molar-refractivity contribution in [1.29, 1.82) is 5.26 Å². The summed E-state index contributed by atoms with van der Waals surface area (Å²) in [6.07, 6.45) is 4.32. The van der Waals surface area contributed by atoms with Crippen molar-refractivity contribution in [2.75, 3.05) is 5.32 Å². The van der Waals surface area contributed by atoms with Gasteiger partial charge in [-0.2, -0.15) is 5.26 Å². The van der Waals surface area contributed by atoms with Crippen LogP contribution in [0.15, 0.2) is 31.0 Å². The molecule has 0 radical (unpaired) electrons. The molecule has 1 unspecified atom stereocenters. The third-order valence-electron chi connectivity index (χ3n) is 1.84. The summed E-state index contributed by atoms with van der Waals surface area (Å²) in [6.45, 7) is 5.70. The number of nitrogens with zero attached hydrogens (tertiary/aromatic N) is 2. The Balaban J connectivity index is 2.76. The first-order chi connectivity index (χ1) is 6.77. The van der Waals surface area contributed by atoms with Crippen LogP contribution in [0.5, 0.6) is 0 Å². The molecular formula is C11H13N3. The van der Waals surface area contributed by atoms with Gasteiger partial charge in [0.15, 0.2) is 5.69 Å². The summed E-state index contributed by atoms with van der Waals surface area (Å²) in [5.74, 6) is 0. The minimum absolute atomic E-state index is 0.267. The Morgan fingerprint density at radius 3 is 3.21 bits per heavy atom. The lowest BCUT2D eigenvalue weighted by molar-refractivity contribution is 0.812. The van der Waals surface area contributed by atoms with Crippen molar-refractivity contribution in [1.82, 2.24) is 4.98 Å². The van der Waals surface area contributed by atoms with Crippen LogP contribution >= 0.6 is 0 Å². The lowest BCUT2D eigenvalue weighted by Crippen LogP contribution is -2.14. The Kier molecular flexibility index (Phi) is 3.69. The lowest BCUT2D eigenvalue weighted by Gasteiger charge is -2.13. The molecule has 0 fully saturated rings. The van der Waals surface area contributed by atoms with Gasteiger partial charge in [0.1, 0.15) is 6.07 Å². The minimum atomic E-state index is 0.267. The quantitative estimate of drug-likeness (QED) is 0.736. The fourth-order valence-electron chi connectivity index (χ4n) is 1.19. The maximum atomic E-state index is 8.79. The van der Waals surface area contributed by atoms with Crippen molar-refractivity contribution in [3.05, 3.63) is 36.7 Å². The van der Waals surface area contributed by atoms with E-state index in [9.17, 15) is 0 Å². The van der Waals surface area contributed by atoms with Gasteiger partial charge in [0.2, 0.25) is 0 Å². The topological polar surface area (TPSA) is 48.7 Å². The number of pyridine rings is 1. The van der Waals surface area contributed by atoms with Crippen LogP contribution in [-0.4, -0.2) is 11.0 Å². The zero-order valence-electron chi connectivity index (χ0n) is 8.20. The molecule has 0 aliphatic rings. The molecule has 1 aromatic heterocycles. The molecule has 0 aromatic carbocycles. The van der Waals surface area contributed by atoms with Gasteiger partial charge >= 0.3 is 0 Å². The zero-order valence-corrected chi connectivity index (χ0v) is 8.20.